The molecule has 0 saturated carbocycles. The number of fused-ring (bicyclic) bond motifs is 1. The summed E-state index contributed by atoms with van der Waals surface area (Å²) >= 11 is 0. The molecular formula is C40H49BrFN5O10. The van der Waals surface area contributed by atoms with Gasteiger partial charge in [-0.3, -0.25) is 19.3 Å². The van der Waals surface area contributed by atoms with Gasteiger partial charge in [0.2, 0.25) is 6.54 Å². The van der Waals surface area contributed by atoms with Crippen molar-refractivity contribution in [3.05, 3.63) is 71.5 Å². The second-order valence-corrected chi connectivity index (χ2v) is 16.7. The van der Waals surface area contributed by atoms with Crippen molar-refractivity contribution < 1.29 is 73.7 Å². The number of ether oxygens (including phenoxy) is 4. The molecule has 3 aliphatic heterocycles. The predicted molar refractivity (Wildman–Crippen MR) is 199 cm³/mol. The second-order valence-electron chi connectivity index (χ2n) is 16.7. The standard InChI is InChI=1S/C40H48FN5O10.BrH/c1-38(2,3)54-35(50)32-23(10-12-28-31(34(49)46(28)32)43-36(51)55-39(4,5)6)20-24-14-19-45(33(24)48)26-15-17-44(18-16-26)22-30(47)42-25-11-13-29(27(41)21-25)53-37(52)56-40(7,8)9;/h11,13,15-18,20-21,28,31H,10,12,14,19,22H2,1-9H3,(H-,42,43,47,51);1H/b24-20+;/t28-,31+;/m1./s1. The third kappa shape index (κ3) is 11.4. The summed E-state index contributed by atoms with van der Waals surface area (Å²) in [7, 11) is 0. The van der Waals surface area contributed by atoms with Gasteiger partial charge in [0.15, 0.2) is 24.0 Å². The van der Waals surface area contributed by atoms with Crippen LogP contribution in [0.2, 0.25) is 0 Å². The van der Waals surface area contributed by atoms with Gasteiger partial charge in [0.25, 0.3) is 17.7 Å². The van der Waals surface area contributed by atoms with E-state index in [2.05, 4.69) is 10.6 Å². The van der Waals surface area contributed by atoms with E-state index in [-0.39, 0.29) is 46.6 Å². The number of anilines is 2. The van der Waals surface area contributed by atoms with Crippen LogP contribution >= 0.6 is 0 Å². The third-order valence-electron chi connectivity index (χ3n) is 8.52. The SMILES string of the molecule is CC(C)(C)OC(=O)N[C@@H]1C(=O)N2C(C(=O)OC(C)(C)C)=C(/C=C3\CCN(c4cc[n+](CC(=O)Nc5ccc(OC(=O)OC(C)(C)C)c(F)c5)cc4)C3=O)CC[C@H]12.[Br-]. The maximum absolute atomic E-state index is 14.6. The Labute approximate surface area is 341 Å². The molecule has 1 aromatic carbocycles. The summed E-state index contributed by atoms with van der Waals surface area (Å²) in [6.07, 6.45) is 4.29. The minimum Gasteiger partial charge on any atom is -1.00 e. The molecule has 4 heterocycles. The van der Waals surface area contributed by atoms with Crippen LogP contribution in [0.15, 0.2) is 65.6 Å². The highest BCUT2D eigenvalue weighted by atomic mass is 79.9. The highest BCUT2D eigenvalue weighted by Gasteiger charge is 2.54. The van der Waals surface area contributed by atoms with E-state index in [1.807, 2.05) is 0 Å². The minimum atomic E-state index is -1.06. The summed E-state index contributed by atoms with van der Waals surface area (Å²) in [5.41, 5.74) is -0.712. The zero-order chi connectivity index (χ0) is 41.3. The first-order valence-corrected chi connectivity index (χ1v) is 18.3. The molecule has 3 aliphatic rings. The van der Waals surface area contributed by atoms with Crippen molar-refractivity contribution >= 4 is 47.3 Å². The first-order valence-electron chi connectivity index (χ1n) is 18.3. The molecule has 5 rings (SSSR count). The molecule has 0 spiro atoms. The van der Waals surface area contributed by atoms with Gasteiger partial charge < -0.3 is 51.5 Å². The molecular weight excluding hydrogens is 809 g/mol. The summed E-state index contributed by atoms with van der Waals surface area (Å²) in [6, 6.07) is 5.63. The molecule has 2 saturated heterocycles. The van der Waals surface area contributed by atoms with E-state index in [9.17, 15) is 33.2 Å². The Morgan fingerprint density at radius 3 is 2.12 bits per heavy atom. The first kappa shape index (κ1) is 44.4. The Bertz CT molecular complexity index is 2000. The normalized spacial score (nSPS) is 18.9. The van der Waals surface area contributed by atoms with E-state index >= 15 is 0 Å². The largest absolute Gasteiger partial charge is 1.00 e. The lowest BCUT2D eigenvalue weighted by atomic mass is 9.83. The van der Waals surface area contributed by atoms with Crippen LogP contribution in [0.5, 0.6) is 5.75 Å². The van der Waals surface area contributed by atoms with Crippen LogP contribution in [-0.4, -0.2) is 76.3 Å². The number of β-lactam (4-membered cyclic amide) rings is 1. The van der Waals surface area contributed by atoms with Gasteiger partial charge in [0, 0.05) is 36.0 Å². The lowest BCUT2D eigenvalue weighted by Gasteiger charge is -2.50. The lowest BCUT2D eigenvalue weighted by Crippen LogP contribution is -3.00. The number of nitrogens with zero attached hydrogens (tertiary/aromatic N) is 3. The van der Waals surface area contributed by atoms with Crippen LogP contribution in [0.4, 0.5) is 25.4 Å². The first-order chi connectivity index (χ1) is 26.0. The van der Waals surface area contributed by atoms with Crippen molar-refractivity contribution in [3.8, 4) is 5.75 Å². The van der Waals surface area contributed by atoms with Gasteiger partial charge in [0.1, 0.15) is 28.5 Å². The van der Waals surface area contributed by atoms with Crippen molar-refractivity contribution in [1.29, 1.82) is 0 Å². The number of allylic oxidation sites excluding steroid dienone is 2. The van der Waals surface area contributed by atoms with Gasteiger partial charge in [-0.1, -0.05) is 0 Å². The van der Waals surface area contributed by atoms with Gasteiger partial charge >= 0.3 is 18.2 Å². The molecule has 0 radical (unpaired) electrons. The monoisotopic (exact) mass is 857 g/mol. The zero-order valence-corrected chi connectivity index (χ0v) is 35.1. The number of pyridine rings is 1. The van der Waals surface area contributed by atoms with Crippen molar-refractivity contribution in [1.82, 2.24) is 10.2 Å². The summed E-state index contributed by atoms with van der Waals surface area (Å²) in [4.78, 5) is 80.7. The molecule has 2 fully saturated rings. The molecule has 2 N–H and O–H groups in total. The van der Waals surface area contributed by atoms with Gasteiger partial charge in [0.05, 0.1) is 11.7 Å². The fourth-order valence-electron chi connectivity index (χ4n) is 6.31. The molecule has 4 amide bonds. The molecule has 17 heteroatoms. The predicted octanol–water partition coefficient (Wildman–Crippen LogP) is 2.23. The van der Waals surface area contributed by atoms with Crippen molar-refractivity contribution in [2.45, 2.75) is 117 Å². The summed E-state index contributed by atoms with van der Waals surface area (Å²) in [5.74, 6) is -3.13. The van der Waals surface area contributed by atoms with Crippen molar-refractivity contribution in [2.24, 2.45) is 0 Å². The lowest BCUT2D eigenvalue weighted by molar-refractivity contribution is -0.684. The van der Waals surface area contributed by atoms with Gasteiger partial charge in [-0.05, 0) is 105 Å². The topological polar surface area (TPSA) is 174 Å². The number of carbonyl (C=O) groups is 6. The molecule has 15 nitrogen and oxygen atoms in total. The van der Waals surface area contributed by atoms with Gasteiger partial charge in [-0.2, -0.15) is 4.57 Å². The Hall–Kier alpha value is -5.32. The Morgan fingerprint density at radius 1 is 0.895 bits per heavy atom. The Kier molecular flexibility index (Phi) is 13.3. The fraction of sp³-hybridized carbons (Fsp3) is 0.475. The van der Waals surface area contributed by atoms with Gasteiger partial charge in [-0.25, -0.2) is 18.8 Å². The minimum absolute atomic E-state index is 0. The molecule has 0 bridgehead atoms. The number of hydrogen-bond donors (Lipinski definition) is 2. The van der Waals surface area contributed by atoms with E-state index in [1.54, 1.807) is 102 Å². The van der Waals surface area contributed by atoms with Crippen LogP contribution < -0.4 is 41.8 Å². The number of aromatic nitrogens is 1. The van der Waals surface area contributed by atoms with E-state index in [4.69, 9.17) is 18.9 Å². The van der Waals surface area contributed by atoms with E-state index in [0.717, 1.165) is 6.07 Å². The molecule has 308 valence electrons. The number of benzene rings is 1. The highest BCUT2D eigenvalue weighted by molar-refractivity contribution is 6.09. The third-order valence-corrected chi connectivity index (χ3v) is 8.52. The van der Waals surface area contributed by atoms with E-state index < -0.39 is 64.7 Å². The number of esters is 1. The van der Waals surface area contributed by atoms with Crippen LogP contribution in [0, 0.1) is 5.82 Å². The second kappa shape index (κ2) is 17.0. The maximum Gasteiger partial charge on any atom is 0.514 e. The Balaban J connectivity index is 0.00000720. The molecule has 1 aromatic heterocycles. The summed E-state index contributed by atoms with van der Waals surface area (Å²) in [5, 5.41) is 5.23. The number of rotatable bonds is 8. The van der Waals surface area contributed by atoms with E-state index in [0.29, 0.717) is 42.6 Å². The average molecular weight is 859 g/mol. The van der Waals surface area contributed by atoms with Crippen LogP contribution in [-0.2, 0) is 39.9 Å². The molecule has 2 atom stereocenters. The molecule has 57 heavy (non-hydrogen) atoms. The number of amides is 4. The number of carbonyl (C=O) groups excluding carboxylic acids is 6. The zero-order valence-electron chi connectivity index (χ0n) is 33.5. The summed E-state index contributed by atoms with van der Waals surface area (Å²) in [6.45, 7) is 15.5. The number of hydrogen-bond acceptors (Lipinski definition) is 10. The van der Waals surface area contributed by atoms with Crippen molar-refractivity contribution in [3.63, 3.8) is 0 Å². The van der Waals surface area contributed by atoms with Crippen LogP contribution in [0.3, 0.4) is 0 Å². The van der Waals surface area contributed by atoms with Crippen LogP contribution in [0.25, 0.3) is 0 Å². The van der Waals surface area contributed by atoms with E-state index in [1.165, 1.54) is 17.0 Å². The Morgan fingerprint density at radius 2 is 1.53 bits per heavy atom. The summed E-state index contributed by atoms with van der Waals surface area (Å²) < 4.78 is 37.1. The maximum atomic E-state index is 14.6. The van der Waals surface area contributed by atoms with Crippen molar-refractivity contribution in [2.75, 3.05) is 16.8 Å². The molecule has 0 aliphatic carbocycles. The highest BCUT2D eigenvalue weighted by Crippen LogP contribution is 2.39. The quantitative estimate of drug-likeness (QED) is 0.100. The van der Waals surface area contributed by atoms with Gasteiger partial charge in [-0.15, -0.1) is 0 Å². The number of alkyl carbamates (subject to hydrolysis) is 1. The number of halogens is 2. The molecule has 2 aromatic rings. The smallest absolute Gasteiger partial charge is 0.514 e. The van der Waals surface area contributed by atoms with Crippen LogP contribution in [0.1, 0.15) is 81.6 Å². The average Bonchev–Trinajstić information content (AvgIpc) is 3.41. The fourth-order valence-corrected chi connectivity index (χ4v) is 6.31. The molecule has 0 unspecified atom stereocenters. The number of nitrogens with one attached hydrogen (secondary N) is 2.